The Bertz CT molecular complexity index is 1460. The summed E-state index contributed by atoms with van der Waals surface area (Å²) in [4.78, 5) is 29.8. The van der Waals surface area contributed by atoms with E-state index in [1.807, 2.05) is 67.6 Å². The number of hydrogen-bond donors (Lipinski definition) is 1. The molecule has 0 aliphatic heterocycles. The Labute approximate surface area is 171 Å². The number of amides is 1. The van der Waals surface area contributed by atoms with Gasteiger partial charge in [-0.15, -0.1) is 0 Å². The number of benzene rings is 3. The molecule has 0 bridgehead atoms. The van der Waals surface area contributed by atoms with E-state index in [0.717, 1.165) is 21.7 Å². The van der Waals surface area contributed by atoms with Crippen molar-refractivity contribution in [3.63, 3.8) is 0 Å². The number of fused-ring (bicyclic) bond motifs is 4. The van der Waals surface area contributed by atoms with Crippen molar-refractivity contribution in [3.8, 4) is 0 Å². The van der Waals surface area contributed by atoms with Crippen LogP contribution in [0.2, 0.25) is 0 Å². The van der Waals surface area contributed by atoms with E-state index in [0.29, 0.717) is 11.1 Å². The normalized spacial score (nSPS) is 12.4. The quantitative estimate of drug-likeness (QED) is 0.494. The Kier molecular flexibility index (Phi) is 4.32. The van der Waals surface area contributed by atoms with Crippen molar-refractivity contribution in [1.29, 1.82) is 0 Å². The van der Waals surface area contributed by atoms with Gasteiger partial charge in [0.15, 0.2) is 0 Å². The smallest absolute Gasteiger partial charge is 0.297 e. The lowest BCUT2D eigenvalue weighted by Crippen LogP contribution is -2.33. The summed E-state index contributed by atoms with van der Waals surface area (Å²) in [5.41, 5.74) is 1.93. The molecule has 6 nitrogen and oxygen atoms in total. The highest BCUT2D eigenvalue weighted by molar-refractivity contribution is 6.01. The molecule has 0 saturated heterocycles. The van der Waals surface area contributed by atoms with Gasteiger partial charge in [-0.1, -0.05) is 54.6 Å². The summed E-state index contributed by atoms with van der Waals surface area (Å²) >= 11 is 0. The van der Waals surface area contributed by atoms with E-state index < -0.39 is 0 Å². The van der Waals surface area contributed by atoms with Crippen molar-refractivity contribution >= 4 is 38.7 Å². The second-order valence-corrected chi connectivity index (χ2v) is 7.31. The number of rotatable bonds is 4. The van der Waals surface area contributed by atoms with Crippen molar-refractivity contribution < 1.29 is 9.21 Å². The number of carbonyl (C=O) groups is 1. The summed E-state index contributed by atoms with van der Waals surface area (Å²) < 4.78 is 6.95. The van der Waals surface area contributed by atoms with Crippen molar-refractivity contribution in [2.45, 2.75) is 19.5 Å². The van der Waals surface area contributed by atoms with Crippen LogP contribution in [0, 0.1) is 0 Å². The second kappa shape index (κ2) is 7.15. The fourth-order valence-corrected chi connectivity index (χ4v) is 3.88. The first-order chi connectivity index (χ1) is 14.6. The molecule has 2 heterocycles. The molecule has 0 spiro atoms. The number of nitrogens with one attached hydrogen (secondary N) is 1. The van der Waals surface area contributed by atoms with E-state index in [9.17, 15) is 9.59 Å². The van der Waals surface area contributed by atoms with Crippen molar-refractivity contribution in [2.24, 2.45) is 0 Å². The first kappa shape index (κ1) is 18.1. The molecular weight excluding hydrogens is 378 g/mol. The number of aromatic nitrogens is 2. The second-order valence-electron chi connectivity index (χ2n) is 7.31. The maximum absolute atomic E-state index is 12.8. The number of nitrogens with zero attached hydrogens (tertiary/aromatic N) is 2. The van der Waals surface area contributed by atoms with Gasteiger partial charge >= 0.3 is 0 Å². The third-order valence-corrected chi connectivity index (χ3v) is 5.33. The third-order valence-electron chi connectivity index (χ3n) is 5.33. The summed E-state index contributed by atoms with van der Waals surface area (Å²) in [6.07, 6.45) is 1.40. The van der Waals surface area contributed by atoms with Gasteiger partial charge in [0, 0.05) is 5.39 Å². The minimum absolute atomic E-state index is 0.131. The average molecular weight is 397 g/mol. The van der Waals surface area contributed by atoms with E-state index in [1.165, 1.54) is 10.9 Å². The molecule has 5 rings (SSSR count). The first-order valence-electron chi connectivity index (χ1n) is 9.75. The predicted octanol–water partition coefficient (Wildman–Crippen LogP) is 4.17. The summed E-state index contributed by atoms with van der Waals surface area (Å²) in [6.45, 7) is 1.80. The van der Waals surface area contributed by atoms with E-state index in [1.54, 1.807) is 6.07 Å². The average Bonchev–Trinajstić information content (AvgIpc) is 3.15. The Balaban J connectivity index is 1.41. The Morgan fingerprint density at radius 3 is 2.63 bits per heavy atom. The molecule has 2 aromatic heterocycles. The van der Waals surface area contributed by atoms with Crippen LogP contribution in [0.3, 0.4) is 0 Å². The molecule has 1 atom stereocenters. The molecule has 5 aromatic rings. The monoisotopic (exact) mass is 397 g/mol. The number of para-hydroxylation sites is 1. The van der Waals surface area contributed by atoms with Crippen molar-refractivity contribution in [3.05, 3.63) is 89.0 Å². The SMILES string of the molecule is CC(NC(=O)Cn1cnc2c(oc3ccccc32)c1=O)c1cccc2ccccc12. The van der Waals surface area contributed by atoms with Crippen LogP contribution < -0.4 is 10.9 Å². The molecule has 0 aliphatic carbocycles. The minimum Gasteiger partial charge on any atom is -0.448 e. The van der Waals surface area contributed by atoms with Gasteiger partial charge in [0.25, 0.3) is 5.56 Å². The predicted molar refractivity (Wildman–Crippen MR) is 116 cm³/mol. The highest BCUT2D eigenvalue weighted by atomic mass is 16.3. The zero-order valence-electron chi connectivity index (χ0n) is 16.3. The van der Waals surface area contributed by atoms with Gasteiger partial charge in [0.05, 0.1) is 12.4 Å². The van der Waals surface area contributed by atoms with Gasteiger partial charge in [-0.3, -0.25) is 14.2 Å². The lowest BCUT2D eigenvalue weighted by molar-refractivity contribution is -0.122. The standard InChI is InChI=1S/C24H19N3O3/c1-15(17-11-6-8-16-7-2-3-9-18(16)17)26-21(28)13-27-14-25-22-19-10-4-5-12-20(19)30-23(22)24(27)29/h2-12,14-15H,13H2,1H3,(H,26,28). The van der Waals surface area contributed by atoms with E-state index in [-0.39, 0.29) is 29.6 Å². The molecule has 148 valence electrons. The zero-order chi connectivity index (χ0) is 20.7. The van der Waals surface area contributed by atoms with E-state index in [4.69, 9.17) is 4.42 Å². The lowest BCUT2D eigenvalue weighted by atomic mass is 10.00. The van der Waals surface area contributed by atoms with Gasteiger partial charge in [-0.2, -0.15) is 0 Å². The van der Waals surface area contributed by atoms with Gasteiger partial charge in [0.2, 0.25) is 11.5 Å². The largest absolute Gasteiger partial charge is 0.448 e. The summed E-state index contributed by atoms with van der Waals surface area (Å²) in [5.74, 6) is -0.269. The van der Waals surface area contributed by atoms with Crippen LogP contribution in [-0.2, 0) is 11.3 Å². The van der Waals surface area contributed by atoms with Crippen LogP contribution in [0.1, 0.15) is 18.5 Å². The fraction of sp³-hybridized carbons (Fsp3) is 0.125. The topological polar surface area (TPSA) is 77.1 Å². The first-order valence-corrected chi connectivity index (χ1v) is 9.75. The number of furan rings is 1. The maximum Gasteiger partial charge on any atom is 0.297 e. The number of carbonyl (C=O) groups excluding carboxylic acids is 1. The van der Waals surface area contributed by atoms with Crippen LogP contribution in [0.25, 0.3) is 32.8 Å². The van der Waals surface area contributed by atoms with Crippen molar-refractivity contribution in [2.75, 3.05) is 0 Å². The van der Waals surface area contributed by atoms with E-state index >= 15 is 0 Å². The summed E-state index contributed by atoms with van der Waals surface area (Å²) in [6, 6.07) is 21.2. The van der Waals surface area contributed by atoms with Crippen LogP contribution in [0.15, 0.2) is 82.3 Å². The molecule has 0 saturated carbocycles. The van der Waals surface area contributed by atoms with Crippen LogP contribution in [0.5, 0.6) is 0 Å². The Hall–Kier alpha value is -3.93. The summed E-state index contributed by atoms with van der Waals surface area (Å²) in [5, 5.41) is 5.98. The molecule has 3 aromatic carbocycles. The van der Waals surface area contributed by atoms with Gasteiger partial charge in [0.1, 0.15) is 17.6 Å². The Morgan fingerprint density at radius 2 is 1.77 bits per heavy atom. The molecular formula is C24H19N3O3. The highest BCUT2D eigenvalue weighted by Gasteiger charge is 2.16. The molecule has 0 fully saturated rings. The molecule has 1 unspecified atom stereocenters. The minimum atomic E-state index is -0.371. The molecule has 30 heavy (non-hydrogen) atoms. The molecule has 1 amide bonds. The molecule has 0 aliphatic rings. The fourth-order valence-electron chi connectivity index (χ4n) is 3.88. The zero-order valence-corrected chi connectivity index (χ0v) is 16.3. The van der Waals surface area contributed by atoms with E-state index in [2.05, 4.69) is 10.3 Å². The molecule has 0 radical (unpaired) electrons. The van der Waals surface area contributed by atoms with Crippen LogP contribution in [0.4, 0.5) is 0 Å². The number of hydrogen-bond acceptors (Lipinski definition) is 4. The van der Waals surface area contributed by atoms with Gasteiger partial charge in [-0.05, 0) is 35.4 Å². The van der Waals surface area contributed by atoms with Crippen molar-refractivity contribution in [1.82, 2.24) is 14.9 Å². The maximum atomic E-state index is 12.8. The molecule has 1 N–H and O–H groups in total. The lowest BCUT2D eigenvalue weighted by Gasteiger charge is -2.17. The Morgan fingerprint density at radius 1 is 1.03 bits per heavy atom. The van der Waals surface area contributed by atoms with Crippen LogP contribution in [-0.4, -0.2) is 15.5 Å². The van der Waals surface area contributed by atoms with Crippen LogP contribution >= 0.6 is 0 Å². The van der Waals surface area contributed by atoms with Gasteiger partial charge < -0.3 is 9.73 Å². The molecule has 6 heteroatoms. The highest BCUT2D eigenvalue weighted by Crippen LogP contribution is 2.25. The third kappa shape index (κ3) is 3.03. The summed E-state index contributed by atoms with van der Waals surface area (Å²) in [7, 11) is 0. The van der Waals surface area contributed by atoms with Gasteiger partial charge in [-0.25, -0.2) is 4.98 Å².